The quantitative estimate of drug-likeness (QED) is 0.775. The predicted octanol–water partition coefficient (Wildman–Crippen LogP) is 2.38. The van der Waals surface area contributed by atoms with Crippen LogP contribution in [0, 0.1) is 5.92 Å². The molecule has 2 N–H and O–H groups in total. The topological polar surface area (TPSA) is 29.3 Å². The van der Waals surface area contributed by atoms with Crippen molar-refractivity contribution in [2.75, 3.05) is 13.6 Å². The zero-order chi connectivity index (χ0) is 10.7. The van der Waals surface area contributed by atoms with Crippen LogP contribution in [0.1, 0.15) is 51.4 Å². The lowest BCUT2D eigenvalue weighted by Crippen LogP contribution is -2.42. The Morgan fingerprint density at radius 2 is 1.80 bits per heavy atom. The van der Waals surface area contributed by atoms with E-state index in [1.54, 1.807) is 0 Å². The highest BCUT2D eigenvalue weighted by atomic mass is 15.1. The number of hydrogen-bond donors (Lipinski definition) is 1. The SMILES string of the molecule is CN1CCCCC1CC(N)C1CCCC1. The fourth-order valence-corrected chi connectivity index (χ4v) is 3.33. The average Bonchev–Trinajstić information content (AvgIpc) is 2.74. The van der Waals surface area contributed by atoms with Crippen LogP contribution in [0.4, 0.5) is 0 Å². The third-order valence-corrected chi connectivity index (χ3v) is 4.47. The summed E-state index contributed by atoms with van der Waals surface area (Å²) in [5.41, 5.74) is 6.35. The molecule has 1 aliphatic carbocycles. The highest BCUT2D eigenvalue weighted by molar-refractivity contribution is 4.84. The summed E-state index contributed by atoms with van der Waals surface area (Å²) in [4.78, 5) is 2.53. The summed E-state index contributed by atoms with van der Waals surface area (Å²) in [6, 6.07) is 1.24. The van der Waals surface area contributed by atoms with E-state index in [0.717, 1.165) is 12.0 Å². The molecule has 0 spiro atoms. The largest absolute Gasteiger partial charge is 0.327 e. The molecule has 88 valence electrons. The number of rotatable bonds is 3. The third kappa shape index (κ3) is 2.94. The minimum atomic E-state index is 0.470. The first-order valence-electron chi connectivity index (χ1n) is 6.73. The maximum Gasteiger partial charge on any atom is 0.0107 e. The molecule has 1 saturated carbocycles. The number of nitrogens with two attached hydrogens (primary N) is 1. The van der Waals surface area contributed by atoms with Crippen LogP contribution in [-0.4, -0.2) is 30.6 Å². The van der Waals surface area contributed by atoms with E-state index in [9.17, 15) is 0 Å². The van der Waals surface area contributed by atoms with Gasteiger partial charge < -0.3 is 10.6 Å². The zero-order valence-corrected chi connectivity index (χ0v) is 10.1. The maximum absolute atomic E-state index is 6.35. The van der Waals surface area contributed by atoms with Crippen molar-refractivity contribution in [1.82, 2.24) is 4.90 Å². The summed E-state index contributed by atoms with van der Waals surface area (Å²) in [7, 11) is 2.27. The van der Waals surface area contributed by atoms with E-state index in [1.807, 2.05) is 0 Å². The third-order valence-electron chi connectivity index (χ3n) is 4.47. The van der Waals surface area contributed by atoms with Gasteiger partial charge in [0.15, 0.2) is 0 Å². The second-order valence-electron chi connectivity index (χ2n) is 5.57. The smallest absolute Gasteiger partial charge is 0.0107 e. The van der Waals surface area contributed by atoms with Gasteiger partial charge in [-0.2, -0.15) is 0 Å². The Bertz CT molecular complexity index is 187. The molecule has 0 radical (unpaired) electrons. The van der Waals surface area contributed by atoms with Gasteiger partial charge in [0, 0.05) is 12.1 Å². The van der Waals surface area contributed by atoms with E-state index in [1.165, 1.54) is 57.9 Å². The summed E-state index contributed by atoms with van der Waals surface area (Å²) >= 11 is 0. The lowest BCUT2D eigenvalue weighted by Gasteiger charge is -2.35. The molecule has 1 heterocycles. The molecule has 2 unspecified atom stereocenters. The Labute approximate surface area is 94.2 Å². The normalized spacial score (nSPS) is 32.0. The first-order valence-corrected chi connectivity index (χ1v) is 6.73. The lowest BCUT2D eigenvalue weighted by molar-refractivity contribution is 0.159. The lowest BCUT2D eigenvalue weighted by atomic mass is 9.89. The molecule has 0 bridgehead atoms. The summed E-state index contributed by atoms with van der Waals surface area (Å²) in [5.74, 6) is 0.834. The Balaban J connectivity index is 1.78. The van der Waals surface area contributed by atoms with Crippen molar-refractivity contribution in [3.63, 3.8) is 0 Å². The summed E-state index contributed by atoms with van der Waals surface area (Å²) in [6.07, 6.45) is 11.0. The van der Waals surface area contributed by atoms with Gasteiger partial charge in [0.2, 0.25) is 0 Å². The van der Waals surface area contributed by atoms with Gasteiger partial charge in [-0.1, -0.05) is 19.3 Å². The Hall–Kier alpha value is -0.0800. The van der Waals surface area contributed by atoms with Crippen molar-refractivity contribution in [2.45, 2.75) is 63.5 Å². The second-order valence-corrected chi connectivity index (χ2v) is 5.57. The Morgan fingerprint density at radius 1 is 1.13 bits per heavy atom. The van der Waals surface area contributed by atoms with Crippen LogP contribution in [0.2, 0.25) is 0 Å². The van der Waals surface area contributed by atoms with E-state index in [4.69, 9.17) is 5.73 Å². The van der Waals surface area contributed by atoms with Crippen molar-refractivity contribution in [1.29, 1.82) is 0 Å². The van der Waals surface area contributed by atoms with Crippen LogP contribution < -0.4 is 5.73 Å². The van der Waals surface area contributed by atoms with Gasteiger partial charge in [-0.25, -0.2) is 0 Å². The summed E-state index contributed by atoms with van der Waals surface area (Å²) in [6.45, 7) is 1.28. The summed E-state index contributed by atoms with van der Waals surface area (Å²) < 4.78 is 0. The van der Waals surface area contributed by atoms with E-state index in [2.05, 4.69) is 11.9 Å². The molecule has 0 aromatic rings. The Kier molecular flexibility index (Phi) is 4.04. The molecule has 15 heavy (non-hydrogen) atoms. The van der Waals surface area contributed by atoms with Gasteiger partial charge >= 0.3 is 0 Å². The highest BCUT2D eigenvalue weighted by Crippen LogP contribution is 2.30. The van der Waals surface area contributed by atoms with Gasteiger partial charge in [-0.3, -0.25) is 0 Å². The average molecular weight is 210 g/mol. The number of piperidine rings is 1. The molecular weight excluding hydrogens is 184 g/mol. The van der Waals surface area contributed by atoms with E-state index >= 15 is 0 Å². The maximum atomic E-state index is 6.35. The van der Waals surface area contributed by atoms with Crippen LogP contribution >= 0.6 is 0 Å². The number of nitrogens with zero attached hydrogens (tertiary/aromatic N) is 1. The zero-order valence-electron chi connectivity index (χ0n) is 10.1. The van der Waals surface area contributed by atoms with Gasteiger partial charge in [-0.15, -0.1) is 0 Å². The fourth-order valence-electron chi connectivity index (χ4n) is 3.33. The van der Waals surface area contributed by atoms with Crippen LogP contribution in [0.25, 0.3) is 0 Å². The second kappa shape index (κ2) is 5.31. The van der Waals surface area contributed by atoms with E-state index in [-0.39, 0.29) is 0 Å². The molecule has 2 rings (SSSR count). The summed E-state index contributed by atoms with van der Waals surface area (Å²) in [5, 5.41) is 0. The van der Waals surface area contributed by atoms with Crippen molar-refractivity contribution >= 4 is 0 Å². The van der Waals surface area contributed by atoms with Gasteiger partial charge in [-0.05, 0) is 51.6 Å². The first-order chi connectivity index (χ1) is 7.27. The number of likely N-dealkylation sites (tertiary alicyclic amines) is 1. The molecule has 1 aliphatic heterocycles. The van der Waals surface area contributed by atoms with Crippen molar-refractivity contribution in [2.24, 2.45) is 11.7 Å². The molecule has 1 saturated heterocycles. The molecule has 2 heteroatoms. The van der Waals surface area contributed by atoms with Gasteiger partial charge in [0.05, 0.1) is 0 Å². The molecular formula is C13H26N2. The number of hydrogen-bond acceptors (Lipinski definition) is 2. The fraction of sp³-hybridized carbons (Fsp3) is 1.00. The van der Waals surface area contributed by atoms with Crippen molar-refractivity contribution in [3.05, 3.63) is 0 Å². The van der Waals surface area contributed by atoms with Gasteiger partial charge in [0.1, 0.15) is 0 Å². The predicted molar refractivity (Wildman–Crippen MR) is 64.8 cm³/mol. The molecule has 0 aromatic carbocycles. The standard InChI is InChI=1S/C13H26N2/c1-15-9-5-4-8-12(15)10-13(14)11-6-2-3-7-11/h11-13H,2-10,14H2,1H3. The van der Waals surface area contributed by atoms with Crippen molar-refractivity contribution in [3.8, 4) is 0 Å². The molecule has 0 amide bonds. The van der Waals surface area contributed by atoms with Crippen molar-refractivity contribution < 1.29 is 0 Å². The molecule has 2 fully saturated rings. The van der Waals surface area contributed by atoms with E-state index in [0.29, 0.717) is 6.04 Å². The molecule has 2 atom stereocenters. The van der Waals surface area contributed by atoms with E-state index < -0.39 is 0 Å². The van der Waals surface area contributed by atoms with Crippen LogP contribution in [-0.2, 0) is 0 Å². The first kappa shape index (κ1) is 11.4. The molecule has 2 nitrogen and oxygen atoms in total. The minimum Gasteiger partial charge on any atom is -0.327 e. The highest BCUT2D eigenvalue weighted by Gasteiger charge is 2.27. The molecule has 2 aliphatic rings. The molecule has 0 aromatic heterocycles. The van der Waals surface area contributed by atoms with Crippen LogP contribution in [0.15, 0.2) is 0 Å². The van der Waals surface area contributed by atoms with Crippen LogP contribution in [0.3, 0.4) is 0 Å². The monoisotopic (exact) mass is 210 g/mol. The Morgan fingerprint density at radius 3 is 2.47 bits per heavy atom. The van der Waals surface area contributed by atoms with Gasteiger partial charge in [0.25, 0.3) is 0 Å². The minimum absolute atomic E-state index is 0.470. The van der Waals surface area contributed by atoms with Crippen LogP contribution in [0.5, 0.6) is 0 Å².